The Morgan fingerprint density at radius 1 is 1.21 bits per heavy atom. The number of amides is 1. The van der Waals surface area contributed by atoms with Crippen LogP contribution in [0, 0.1) is 6.92 Å². The molecule has 0 aliphatic carbocycles. The van der Waals surface area contributed by atoms with Gasteiger partial charge in [-0.2, -0.15) is 0 Å². The zero-order chi connectivity index (χ0) is 22.7. The van der Waals surface area contributed by atoms with Gasteiger partial charge < -0.3 is 15.7 Å². The predicted octanol–water partition coefficient (Wildman–Crippen LogP) is 5.42. The van der Waals surface area contributed by atoms with Crippen LogP contribution in [0.15, 0.2) is 37.9 Å². The Hall–Kier alpha value is -1.91. The van der Waals surface area contributed by atoms with Gasteiger partial charge in [-0.3, -0.25) is 4.79 Å². The van der Waals surface area contributed by atoms with Crippen LogP contribution in [-0.2, 0) is 4.79 Å². The van der Waals surface area contributed by atoms with Crippen LogP contribution in [0.2, 0.25) is 0 Å². The molecule has 0 saturated carbocycles. The summed E-state index contributed by atoms with van der Waals surface area (Å²) in [5.41, 5.74) is 3.20. The topological polar surface area (TPSA) is 61.4 Å². The van der Waals surface area contributed by atoms with E-state index in [1.807, 2.05) is 66.7 Å². The van der Waals surface area contributed by atoms with Gasteiger partial charge in [0, 0.05) is 6.04 Å². The minimum Gasteiger partial charge on any atom is -0.382 e. The van der Waals surface area contributed by atoms with Gasteiger partial charge in [-0.15, -0.1) is 13.2 Å². The highest BCUT2D eigenvalue weighted by Gasteiger charge is 2.25. The summed E-state index contributed by atoms with van der Waals surface area (Å²) in [5, 5.41) is 16.0. The van der Waals surface area contributed by atoms with E-state index in [1.165, 1.54) is 0 Å². The molecule has 1 rings (SSSR count). The predicted molar refractivity (Wildman–Crippen MR) is 126 cm³/mol. The number of aliphatic hydroxyl groups is 1. The molecular weight excluding hydrogens is 348 g/mol. The molecule has 0 saturated heterocycles. The Bertz CT molecular complexity index is 529. The summed E-state index contributed by atoms with van der Waals surface area (Å²) < 4.78 is 0. The summed E-state index contributed by atoms with van der Waals surface area (Å²) in [5.74, 6) is -0.346. The summed E-state index contributed by atoms with van der Waals surface area (Å²) >= 11 is 0. The number of benzene rings is 1. The van der Waals surface area contributed by atoms with Crippen LogP contribution < -0.4 is 10.6 Å². The molecule has 1 aromatic rings. The molecule has 4 nitrogen and oxygen atoms in total. The van der Waals surface area contributed by atoms with Crippen molar-refractivity contribution in [2.24, 2.45) is 0 Å². The van der Waals surface area contributed by atoms with Crippen molar-refractivity contribution in [1.82, 2.24) is 10.6 Å². The fourth-order valence-corrected chi connectivity index (χ4v) is 2.48. The standard InChI is InChI=1S/C18H28N2O2.2C2H6.C2H4/c1-6-8-16(19-5)17(21)18(22)20-13(4)15-10-9-12(3)14(7-2)11-15;3*1-2/h7,9-11,13,16-17,19,21H,2,6,8H2,1,3-5H3,(H,20,22);2*1-2H3;1-2H2. The first-order valence-electron chi connectivity index (χ1n) is 10.3. The largest absolute Gasteiger partial charge is 0.382 e. The van der Waals surface area contributed by atoms with Crippen molar-refractivity contribution in [2.45, 2.75) is 79.5 Å². The number of nitrogens with one attached hydrogen (secondary N) is 2. The van der Waals surface area contributed by atoms with Crippen LogP contribution in [0.1, 0.15) is 77.1 Å². The Labute approximate surface area is 174 Å². The molecule has 3 unspecified atom stereocenters. The highest BCUT2D eigenvalue weighted by atomic mass is 16.3. The number of hydrogen-bond acceptors (Lipinski definition) is 3. The van der Waals surface area contributed by atoms with Crippen molar-refractivity contribution in [3.8, 4) is 0 Å². The molecule has 162 valence electrons. The molecule has 3 N–H and O–H groups in total. The summed E-state index contributed by atoms with van der Waals surface area (Å²) in [6, 6.07) is 5.63. The number of aryl methyl sites for hydroxylation is 1. The van der Waals surface area contributed by atoms with E-state index >= 15 is 0 Å². The van der Waals surface area contributed by atoms with E-state index in [2.05, 4.69) is 30.4 Å². The minimum absolute atomic E-state index is 0.166. The lowest BCUT2D eigenvalue weighted by molar-refractivity contribution is -0.131. The maximum Gasteiger partial charge on any atom is 0.250 e. The highest BCUT2D eigenvalue weighted by Crippen LogP contribution is 2.18. The van der Waals surface area contributed by atoms with E-state index < -0.39 is 6.10 Å². The molecule has 0 spiro atoms. The number of aliphatic hydroxyl groups excluding tert-OH is 1. The van der Waals surface area contributed by atoms with Crippen LogP contribution >= 0.6 is 0 Å². The quantitative estimate of drug-likeness (QED) is 0.518. The molecule has 0 aromatic heterocycles. The maximum absolute atomic E-state index is 12.2. The van der Waals surface area contributed by atoms with E-state index in [0.717, 1.165) is 29.5 Å². The Morgan fingerprint density at radius 2 is 1.75 bits per heavy atom. The van der Waals surface area contributed by atoms with Crippen LogP contribution in [0.25, 0.3) is 6.08 Å². The number of hydrogen-bond donors (Lipinski definition) is 3. The van der Waals surface area contributed by atoms with Gasteiger partial charge in [0.05, 0.1) is 6.04 Å². The Balaban J connectivity index is -0.000000946. The monoisotopic (exact) mass is 392 g/mol. The second-order valence-corrected chi connectivity index (χ2v) is 5.68. The summed E-state index contributed by atoms with van der Waals surface area (Å²) in [6.07, 6.45) is 2.42. The second kappa shape index (κ2) is 19.8. The molecule has 1 amide bonds. The van der Waals surface area contributed by atoms with Crippen molar-refractivity contribution in [3.05, 3.63) is 54.6 Å². The molecule has 0 radical (unpaired) electrons. The number of rotatable bonds is 8. The molecule has 0 aliphatic heterocycles. The third-order valence-corrected chi connectivity index (χ3v) is 4.00. The third-order valence-electron chi connectivity index (χ3n) is 4.00. The molecule has 4 heteroatoms. The minimum atomic E-state index is -1.04. The smallest absolute Gasteiger partial charge is 0.250 e. The van der Waals surface area contributed by atoms with Gasteiger partial charge in [-0.25, -0.2) is 0 Å². The number of carbonyl (C=O) groups excluding carboxylic acids is 1. The molecule has 28 heavy (non-hydrogen) atoms. The van der Waals surface area contributed by atoms with Crippen LogP contribution in [0.5, 0.6) is 0 Å². The van der Waals surface area contributed by atoms with E-state index in [0.29, 0.717) is 0 Å². The van der Waals surface area contributed by atoms with Crippen molar-refractivity contribution >= 4 is 12.0 Å². The van der Waals surface area contributed by atoms with Crippen LogP contribution in [0.3, 0.4) is 0 Å². The van der Waals surface area contributed by atoms with Gasteiger partial charge in [0.15, 0.2) is 0 Å². The summed E-state index contributed by atoms with van der Waals surface area (Å²) in [7, 11) is 1.76. The zero-order valence-corrected chi connectivity index (χ0v) is 19.4. The normalized spacial score (nSPS) is 12.3. The van der Waals surface area contributed by atoms with Gasteiger partial charge >= 0.3 is 0 Å². The average Bonchev–Trinajstić information content (AvgIpc) is 2.75. The van der Waals surface area contributed by atoms with Gasteiger partial charge in [-0.1, -0.05) is 65.8 Å². The lowest BCUT2D eigenvalue weighted by Crippen LogP contribution is -2.48. The van der Waals surface area contributed by atoms with Crippen molar-refractivity contribution in [2.75, 3.05) is 7.05 Å². The zero-order valence-electron chi connectivity index (χ0n) is 19.4. The lowest BCUT2D eigenvalue weighted by atomic mass is 10.00. The van der Waals surface area contributed by atoms with E-state index in [1.54, 1.807) is 13.1 Å². The van der Waals surface area contributed by atoms with Crippen molar-refractivity contribution < 1.29 is 9.90 Å². The van der Waals surface area contributed by atoms with Gasteiger partial charge in [0.2, 0.25) is 0 Å². The molecule has 3 atom stereocenters. The Morgan fingerprint density at radius 3 is 2.18 bits per heavy atom. The third kappa shape index (κ3) is 11.1. The molecule has 0 aliphatic rings. The fourth-order valence-electron chi connectivity index (χ4n) is 2.48. The summed E-state index contributed by atoms with van der Waals surface area (Å²) in [6.45, 7) is 23.8. The van der Waals surface area contributed by atoms with Gasteiger partial charge in [-0.05, 0) is 50.1 Å². The molecule has 0 bridgehead atoms. The van der Waals surface area contributed by atoms with E-state index in [-0.39, 0.29) is 18.0 Å². The van der Waals surface area contributed by atoms with E-state index in [4.69, 9.17) is 0 Å². The first-order valence-corrected chi connectivity index (χ1v) is 10.3. The maximum atomic E-state index is 12.2. The van der Waals surface area contributed by atoms with Gasteiger partial charge in [0.25, 0.3) is 5.91 Å². The van der Waals surface area contributed by atoms with Crippen LogP contribution in [-0.4, -0.2) is 30.2 Å². The van der Waals surface area contributed by atoms with Crippen LogP contribution in [0.4, 0.5) is 0 Å². The first-order chi connectivity index (χ1) is 13.4. The highest BCUT2D eigenvalue weighted by molar-refractivity contribution is 5.81. The van der Waals surface area contributed by atoms with Crippen molar-refractivity contribution in [1.29, 1.82) is 0 Å². The molecular formula is C24H44N2O2. The SMILES string of the molecule is C=C.C=Cc1cc(C(C)NC(=O)C(O)C(CCC)NC)ccc1C.CC.CC. The molecule has 1 aromatic carbocycles. The van der Waals surface area contributed by atoms with E-state index in [9.17, 15) is 9.90 Å². The fraction of sp³-hybridized carbons (Fsp3) is 0.542. The number of likely N-dealkylation sites (N-methyl/N-ethyl adjacent to an activating group) is 1. The second-order valence-electron chi connectivity index (χ2n) is 5.68. The Kier molecular flexibility index (Phi) is 21.8. The van der Waals surface area contributed by atoms with Gasteiger partial charge in [0.1, 0.15) is 6.10 Å². The first kappa shape index (κ1) is 30.8. The molecule has 0 heterocycles. The van der Waals surface area contributed by atoms with Crippen molar-refractivity contribution in [3.63, 3.8) is 0 Å². The lowest BCUT2D eigenvalue weighted by Gasteiger charge is -2.23. The number of carbonyl (C=O) groups is 1. The summed E-state index contributed by atoms with van der Waals surface area (Å²) in [4.78, 5) is 12.2. The average molecular weight is 393 g/mol. The molecule has 0 fully saturated rings.